The van der Waals surface area contributed by atoms with Gasteiger partial charge in [-0.2, -0.15) is 0 Å². The van der Waals surface area contributed by atoms with Gasteiger partial charge >= 0.3 is 18.0 Å². The number of hydrogen-bond donors (Lipinski definition) is 2. The summed E-state index contributed by atoms with van der Waals surface area (Å²) in [7, 11) is 0. The van der Waals surface area contributed by atoms with Gasteiger partial charge in [-0.05, 0) is 150 Å². The molecule has 6 fully saturated rings. The third kappa shape index (κ3) is 7.16. The SMILES string of the molecule is C=C(C)[C@@H]1CC[C@]2(C(=O)N[C@H]3CCN(C(=O)OC(C)(C)C)C3)CC[C@]3(C)[C@H](CC[C@@H]4[C@@]5(C)CC[C@H](OC(=O)CC(C)(C)CC(=O)O)C(C)(C)[C@@H]5CC[C@]43C)[C@@H]12. The van der Waals surface area contributed by atoms with Crippen molar-refractivity contribution in [2.45, 2.75) is 177 Å². The van der Waals surface area contributed by atoms with Crippen LogP contribution in [0, 0.1) is 62.1 Å². The van der Waals surface area contributed by atoms with E-state index in [0.29, 0.717) is 36.8 Å². The molecule has 55 heavy (non-hydrogen) atoms. The van der Waals surface area contributed by atoms with Crippen LogP contribution in [0.15, 0.2) is 12.2 Å². The molecule has 2 N–H and O–H groups in total. The molecule has 5 aliphatic carbocycles. The highest BCUT2D eigenvalue weighted by Crippen LogP contribution is 2.77. The lowest BCUT2D eigenvalue weighted by Gasteiger charge is -2.72. The van der Waals surface area contributed by atoms with E-state index in [1.54, 1.807) is 4.90 Å². The Hall–Kier alpha value is -2.58. The van der Waals surface area contributed by atoms with Crippen LogP contribution in [-0.2, 0) is 23.9 Å². The van der Waals surface area contributed by atoms with Gasteiger partial charge in [0.25, 0.3) is 0 Å². The molecule has 310 valence electrons. The zero-order valence-electron chi connectivity index (χ0n) is 36.2. The van der Waals surface area contributed by atoms with Gasteiger partial charge in [0.2, 0.25) is 5.91 Å². The molecule has 1 saturated heterocycles. The van der Waals surface area contributed by atoms with E-state index in [1.165, 1.54) is 5.57 Å². The van der Waals surface area contributed by atoms with Crippen molar-refractivity contribution in [2.24, 2.45) is 62.1 Å². The van der Waals surface area contributed by atoms with E-state index in [2.05, 4.69) is 53.4 Å². The van der Waals surface area contributed by atoms with E-state index < -0.39 is 22.4 Å². The summed E-state index contributed by atoms with van der Waals surface area (Å²) in [6.07, 6.45) is 10.5. The molecule has 0 bridgehead atoms. The Morgan fingerprint density at radius 1 is 0.818 bits per heavy atom. The Balaban J connectivity index is 1.20. The molecule has 6 rings (SSSR count). The van der Waals surface area contributed by atoms with Gasteiger partial charge in [-0.1, -0.05) is 60.6 Å². The van der Waals surface area contributed by atoms with Gasteiger partial charge in [0.1, 0.15) is 11.7 Å². The Morgan fingerprint density at radius 2 is 1.51 bits per heavy atom. The Morgan fingerprint density at radius 3 is 2.15 bits per heavy atom. The zero-order valence-corrected chi connectivity index (χ0v) is 36.2. The van der Waals surface area contributed by atoms with E-state index in [4.69, 9.17) is 9.47 Å². The van der Waals surface area contributed by atoms with Gasteiger partial charge in [0.15, 0.2) is 0 Å². The van der Waals surface area contributed by atoms with Crippen molar-refractivity contribution in [2.75, 3.05) is 13.1 Å². The maximum atomic E-state index is 14.8. The van der Waals surface area contributed by atoms with E-state index in [9.17, 15) is 24.3 Å². The fraction of sp³-hybridized carbons (Fsp3) is 0.870. The molecule has 9 nitrogen and oxygen atoms in total. The van der Waals surface area contributed by atoms with Crippen molar-refractivity contribution in [1.29, 1.82) is 0 Å². The first-order valence-electron chi connectivity index (χ1n) is 21.7. The number of carbonyl (C=O) groups is 4. The predicted octanol–water partition coefficient (Wildman–Crippen LogP) is 9.57. The number of carboxylic acid groups (broad SMARTS) is 1. The minimum atomic E-state index is -0.896. The molecule has 5 saturated carbocycles. The number of hydrogen-bond acceptors (Lipinski definition) is 6. The highest BCUT2D eigenvalue weighted by molar-refractivity contribution is 5.84. The third-order valence-corrected chi connectivity index (χ3v) is 17.2. The number of amides is 2. The summed E-state index contributed by atoms with van der Waals surface area (Å²) in [6, 6.07) is -0.0651. The van der Waals surface area contributed by atoms with Crippen LogP contribution in [0.1, 0.15) is 160 Å². The Labute approximate surface area is 331 Å². The largest absolute Gasteiger partial charge is 0.481 e. The van der Waals surface area contributed by atoms with Crippen LogP contribution in [0.25, 0.3) is 0 Å². The highest BCUT2D eigenvalue weighted by atomic mass is 16.6. The van der Waals surface area contributed by atoms with Gasteiger partial charge in [-0.25, -0.2) is 4.79 Å². The maximum absolute atomic E-state index is 14.8. The van der Waals surface area contributed by atoms with Crippen molar-refractivity contribution >= 4 is 23.9 Å². The van der Waals surface area contributed by atoms with Crippen LogP contribution >= 0.6 is 0 Å². The second-order valence-corrected chi connectivity index (χ2v) is 22.5. The molecule has 9 heteroatoms. The van der Waals surface area contributed by atoms with Crippen molar-refractivity contribution < 1.29 is 33.8 Å². The number of allylic oxidation sites excluding steroid dienone is 1. The molecule has 0 unspecified atom stereocenters. The summed E-state index contributed by atoms with van der Waals surface area (Å²) in [4.78, 5) is 54.1. The van der Waals surface area contributed by atoms with Gasteiger partial charge < -0.3 is 24.8 Å². The van der Waals surface area contributed by atoms with Gasteiger partial charge in [-0.3, -0.25) is 14.4 Å². The minimum Gasteiger partial charge on any atom is -0.481 e. The number of esters is 1. The number of ether oxygens (including phenoxy) is 2. The number of rotatable bonds is 8. The minimum absolute atomic E-state index is 0.0637. The lowest BCUT2D eigenvalue weighted by molar-refractivity contribution is -0.249. The number of nitrogens with zero attached hydrogens (tertiary/aromatic N) is 1. The molecular weight excluding hydrogens is 693 g/mol. The predicted molar refractivity (Wildman–Crippen MR) is 214 cm³/mol. The highest BCUT2D eigenvalue weighted by Gasteiger charge is 2.72. The van der Waals surface area contributed by atoms with Crippen LogP contribution in [0.2, 0.25) is 0 Å². The van der Waals surface area contributed by atoms with Crippen LogP contribution in [0.5, 0.6) is 0 Å². The van der Waals surface area contributed by atoms with Gasteiger partial charge in [0.05, 0.1) is 18.3 Å². The molecule has 0 aromatic heterocycles. The number of nitrogens with one attached hydrogen (secondary N) is 1. The standard InChI is InChI=1S/C46H74N2O7/c1-28(2)30-15-21-46(38(52)47-29-18-24-48(27-29)39(53)55-40(3,4)5)23-22-44(11)31(37(30)46)13-14-33-43(10)19-17-34(42(8,9)32(43)16-20-45(33,44)12)54-36(51)26-41(6,7)25-35(49)50/h29-34,37H,1,13-27H2,2-12H3,(H,47,52)(H,49,50)/t29-,30-,31+,32-,33+,34-,37+,43-,44+,45+,46-/m0/s1. The van der Waals surface area contributed by atoms with Crippen molar-refractivity contribution in [1.82, 2.24) is 10.2 Å². The number of carbonyl (C=O) groups excluding carboxylic acids is 3. The van der Waals surface area contributed by atoms with Crippen molar-refractivity contribution in [3.8, 4) is 0 Å². The topological polar surface area (TPSA) is 122 Å². The second-order valence-electron chi connectivity index (χ2n) is 22.5. The van der Waals surface area contributed by atoms with Gasteiger partial charge in [0, 0.05) is 24.5 Å². The lowest BCUT2D eigenvalue weighted by Crippen LogP contribution is -2.67. The molecule has 2 amide bonds. The fourth-order valence-corrected chi connectivity index (χ4v) is 14.5. The second kappa shape index (κ2) is 14.1. The molecular formula is C46H74N2O7. The molecule has 11 atom stereocenters. The number of fused-ring (bicyclic) bond motifs is 7. The van der Waals surface area contributed by atoms with E-state index in [1.807, 2.05) is 34.6 Å². The summed E-state index contributed by atoms with van der Waals surface area (Å²) < 4.78 is 11.9. The molecule has 0 spiro atoms. The normalized spacial score (nSPS) is 40.9. The molecule has 0 aromatic carbocycles. The number of aliphatic carboxylic acids is 1. The van der Waals surface area contributed by atoms with E-state index in [0.717, 1.165) is 70.6 Å². The third-order valence-electron chi connectivity index (χ3n) is 17.2. The fourth-order valence-electron chi connectivity index (χ4n) is 14.5. The Kier molecular flexibility index (Phi) is 10.7. The summed E-state index contributed by atoms with van der Waals surface area (Å²) in [5.74, 6) is 0.976. The summed E-state index contributed by atoms with van der Waals surface area (Å²) in [5, 5.41) is 12.9. The average Bonchev–Trinajstić information content (AvgIpc) is 3.67. The number of likely N-dealkylation sites (tertiary alicyclic amines) is 1. The van der Waals surface area contributed by atoms with Crippen LogP contribution in [-0.4, -0.2) is 64.8 Å². The lowest BCUT2D eigenvalue weighted by atomic mass is 9.32. The number of carboxylic acids is 1. The average molecular weight is 767 g/mol. The summed E-state index contributed by atoms with van der Waals surface area (Å²) in [5.41, 5.74) is -0.308. The zero-order chi connectivity index (χ0) is 40.7. The quantitative estimate of drug-likeness (QED) is 0.186. The molecule has 0 aromatic rings. The summed E-state index contributed by atoms with van der Waals surface area (Å²) >= 11 is 0. The molecule has 1 heterocycles. The van der Waals surface area contributed by atoms with Crippen LogP contribution in [0.4, 0.5) is 4.79 Å². The van der Waals surface area contributed by atoms with Gasteiger partial charge in [-0.15, -0.1) is 0 Å². The molecule has 0 radical (unpaired) electrons. The van der Waals surface area contributed by atoms with Crippen molar-refractivity contribution in [3.05, 3.63) is 12.2 Å². The Bertz CT molecular complexity index is 1560. The van der Waals surface area contributed by atoms with E-state index >= 15 is 0 Å². The maximum Gasteiger partial charge on any atom is 0.410 e. The molecule has 1 aliphatic heterocycles. The van der Waals surface area contributed by atoms with Crippen LogP contribution in [0.3, 0.4) is 0 Å². The first-order valence-corrected chi connectivity index (χ1v) is 21.7. The van der Waals surface area contributed by atoms with E-state index in [-0.39, 0.29) is 70.5 Å². The van der Waals surface area contributed by atoms with Crippen molar-refractivity contribution in [3.63, 3.8) is 0 Å². The smallest absolute Gasteiger partial charge is 0.410 e. The van der Waals surface area contributed by atoms with Crippen LogP contribution < -0.4 is 5.32 Å². The molecule has 6 aliphatic rings. The first kappa shape index (κ1) is 42.0. The monoisotopic (exact) mass is 767 g/mol. The summed E-state index contributed by atoms with van der Waals surface area (Å²) in [6.45, 7) is 29.5. The first-order chi connectivity index (χ1) is 25.3.